The molecule has 7 nitrogen and oxygen atoms in total. The Balaban J connectivity index is 4.03. The lowest BCUT2D eigenvalue weighted by Crippen LogP contribution is -2.50. The van der Waals surface area contributed by atoms with E-state index in [9.17, 15) is 28.0 Å². The molecule has 0 bridgehead atoms. The minimum atomic E-state index is -4.44. The fourth-order valence-electron chi connectivity index (χ4n) is 6.27. The van der Waals surface area contributed by atoms with Crippen LogP contribution in [0.2, 0.25) is 0 Å². The molecule has 0 rings (SSSR count). The number of hydrogen-bond acceptors (Lipinski definition) is 5. The Morgan fingerprint density at radius 2 is 0.898 bits per heavy atom. The molecule has 0 aliphatic rings. The highest BCUT2D eigenvalue weighted by molar-refractivity contribution is 7.85. The van der Waals surface area contributed by atoms with Crippen LogP contribution in [-0.2, 0) is 14.9 Å². The summed E-state index contributed by atoms with van der Waals surface area (Å²) in [5.41, 5.74) is 0. The maximum atomic E-state index is 12.6. The monoisotopic (exact) mass is 714 g/mol. The summed E-state index contributed by atoms with van der Waals surface area (Å²) < 4.78 is 32.5. The molecular formula is C41H79NO6S. The van der Waals surface area contributed by atoms with Gasteiger partial charge in [-0.15, -0.1) is 0 Å². The molecule has 1 amide bonds. The Morgan fingerprint density at radius 3 is 1.29 bits per heavy atom. The van der Waals surface area contributed by atoms with E-state index in [0.717, 1.165) is 44.9 Å². The molecule has 3 unspecified atom stereocenters. The molecule has 0 spiro atoms. The highest BCUT2D eigenvalue weighted by Crippen LogP contribution is 2.15. The zero-order chi connectivity index (χ0) is 36.3. The molecule has 0 saturated carbocycles. The minimum Gasteiger partial charge on any atom is -0.387 e. The van der Waals surface area contributed by atoms with E-state index in [0.29, 0.717) is 6.42 Å². The second-order valence-electron chi connectivity index (χ2n) is 14.4. The van der Waals surface area contributed by atoms with Gasteiger partial charge in [0.25, 0.3) is 10.1 Å². The largest absolute Gasteiger partial charge is 0.387 e. The maximum absolute atomic E-state index is 12.6. The van der Waals surface area contributed by atoms with Crippen LogP contribution in [0, 0.1) is 0 Å². The van der Waals surface area contributed by atoms with Crippen LogP contribution in [0.15, 0.2) is 24.3 Å². The molecule has 0 aliphatic carbocycles. The van der Waals surface area contributed by atoms with Crippen LogP contribution in [0.1, 0.15) is 206 Å². The van der Waals surface area contributed by atoms with Crippen LogP contribution in [0.3, 0.4) is 0 Å². The summed E-state index contributed by atoms with van der Waals surface area (Å²) >= 11 is 0. The maximum Gasteiger partial charge on any atom is 0.267 e. The Bertz CT molecular complexity index is 890. The van der Waals surface area contributed by atoms with Crippen molar-refractivity contribution in [2.75, 3.05) is 5.75 Å². The number of aliphatic hydroxyl groups excluding tert-OH is 2. The standard InChI is InChI=1S/C41H79NO6S/c1-3-5-7-9-11-13-15-17-19-20-21-22-24-26-28-30-32-34-36-40(44)41(45)42-38(37-49(46,47)48)39(43)35-33-31-29-27-25-23-18-16-14-12-10-8-6-4-2/h20-21,33,35,38-40,43-44H,3-19,22-32,34,36-37H2,1-2H3,(H,42,45)(H,46,47,48)/b21-20-,35-33+. The second-order valence-corrected chi connectivity index (χ2v) is 15.9. The van der Waals surface area contributed by atoms with Crippen molar-refractivity contribution in [3.63, 3.8) is 0 Å². The molecule has 4 N–H and O–H groups in total. The van der Waals surface area contributed by atoms with E-state index in [2.05, 4.69) is 31.3 Å². The number of rotatable bonds is 37. The normalized spacial score (nSPS) is 14.1. The van der Waals surface area contributed by atoms with Gasteiger partial charge in [-0.1, -0.05) is 186 Å². The average molecular weight is 714 g/mol. The second kappa shape index (κ2) is 35.2. The fourth-order valence-corrected chi connectivity index (χ4v) is 7.01. The van der Waals surface area contributed by atoms with Crippen molar-refractivity contribution in [2.24, 2.45) is 0 Å². The molecule has 8 heteroatoms. The molecule has 0 aliphatic heterocycles. The number of amides is 1. The molecule has 0 aromatic rings. The van der Waals surface area contributed by atoms with Gasteiger partial charge in [0.05, 0.1) is 17.9 Å². The highest BCUT2D eigenvalue weighted by Gasteiger charge is 2.27. The van der Waals surface area contributed by atoms with Gasteiger partial charge < -0.3 is 15.5 Å². The number of carbonyl (C=O) groups excluding carboxylic acids is 1. The Kier molecular flexibility index (Phi) is 34.3. The molecule has 0 saturated heterocycles. The van der Waals surface area contributed by atoms with Crippen molar-refractivity contribution >= 4 is 16.0 Å². The van der Waals surface area contributed by atoms with E-state index in [-0.39, 0.29) is 6.42 Å². The first kappa shape index (κ1) is 47.8. The van der Waals surface area contributed by atoms with E-state index in [1.807, 2.05) is 0 Å². The summed E-state index contributed by atoms with van der Waals surface area (Å²) in [7, 11) is -4.44. The van der Waals surface area contributed by atoms with Crippen molar-refractivity contribution in [3.8, 4) is 0 Å². The third kappa shape index (κ3) is 35.0. The Hall–Kier alpha value is -1.22. The number of hydrogen-bond donors (Lipinski definition) is 4. The van der Waals surface area contributed by atoms with Crippen molar-refractivity contribution < 1.29 is 28.0 Å². The number of nitrogens with one attached hydrogen (secondary N) is 1. The SMILES string of the molecule is CCCCCCCCCC/C=C\CCCCCCCCC(O)C(=O)NC(CS(=O)(=O)O)C(O)/C=C/CCCCCCCCCCCCCC. The third-order valence-electron chi connectivity index (χ3n) is 9.48. The van der Waals surface area contributed by atoms with Gasteiger partial charge in [0.15, 0.2) is 0 Å². The van der Waals surface area contributed by atoms with Gasteiger partial charge in [-0.05, 0) is 44.9 Å². The topological polar surface area (TPSA) is 124 Å². The molecule has 3 atom stereocenters. The predicted molar refractivity (Wildman–Crippen MR) is 208 cm³/mol. The molecular weight excluding hydrogens is 635 g/mol. The summed E-state index contributed by atoms with van der Waals surface area (Å²) in [5, 5.41) is 23.4. The fraction of sp³-hybridized carbons (Fsp3) is 0.878. The zero-order valence-electron chi connectivity index (χ0n) is 31.9. The summed E-state index contributed by atoms with van der Waals surface area (Å²) in [5.74, 6) is -1.54. The van der Waals surface area contributed by atoms with Crippen LogP contribution in [0.4, 0.5) is 0 Å². The van der Waals surface area contributed by atoms with E-state index >= 15 is 0 Å². The van der Waals surface area contributed by atoms with Crippen LogP contribution in [-0.4, -0.2) is 53.1 Å². The lowest BCUT2D eigenvalue weighted by Gasteiger charge is -2.22. The van der Waals surface area contributed by atoms with E-state index in [4.69, 9.17) is 0 Å². The molecule has 0 radical (unpaired) electrons. The van der Waals surface area contributed by atoms with Gasteiger partial charge in [-0.2, -0.15) is 8.42 Å². The van der Waals surface area contributed by atoms with Gasteiger partial charge in [0, 0.05) is 0 Å². The van der Waals surface area contributed by atoms with Gasteiger partial charge >= 0.3 is 0 Å². The van der Waals surface area contributed by atoms with Gasteiger partial charge in [0.1, 0.15) is 6.10 Å². The Labute approximate surface area is 303 Å². The first-order chi connectivity index (χ1) is 23.7. The van der Waals surface area contributed by atoms with Crippen molar-refractivity contribution in [1.82, 2.24) is 5.32 Å². The highest BCUT2D eigenvalue weighted by atomic mass is 32.2. The number of carbonyl (C=O) groups is 1. The zero-order valence-corrected chi connectivity index (χ0v) is 32.8. The lowest BCUT2D eigenvalue weighted by atomic mass is 10.0. The molecule has 290 valence electrons. The summed E-state index contributed by atoms with van der Waals surface area (Å²) in [6.45, 7) is 4.50. The van der Waals surface area contributed by atoms with Gasteiger partial charge in [0.2, 0.25) is 5.91 Å². The van der Waals surface area contributed by atoms with Gasteiger partial charge in [-0.25, -0.2) is 0 Å². The first-order valence-electron chi connectivity index (χ1n) is 20.6. The van der Waals surface area contributed by atoms with Crippen molar-refractivity contribution in [3.05, 3.63) is 24.3 Å². The molecule has 49 heavy (non-hydrogen) atoms. The molecule has 0 heterocycles. The number of unbranched alkanes of at least 4 members (excludes halogenated alkanes) is 26. The van der Waals surface area contributed by atoms with Crippen LogP contribution in [0.5, 0.6) is 0 Å². The number of allylic oxidation sites excluding steroid dienone is 3. The van der Waals surface area contributed by atoms with Crippen molar-refractivity contribution in [1.29, 1.82) is 0 Å². The van der Waals surface area contributed by atoms with E-state index in [1.165, 1.54) is 141 Å². The predicted octanol–water partition coefficient (Wildman–Crippen LogP) is 10.9. The molecule has 0 fully saturated rings. The van der Waals surface area contributed by atoms with Crippen LogP contribution in [0.25, 0.3) is 0 Å². The quantitative estimate of drug-likeness (QED) is 0.0289. The Morgan fingerprint density at radius 1 is 0.551 bits per heavy atom. The van der Waals surface area contributed by atoms with E-state index in [1.54, 1.807) is 6.08 Å². The summed E-state index contributed by atoms with van der Waals surface area (Å²) in [6.07, 6.45) is 40.8. The van der Waals surface area contributed by atoms with Crippen LogP contribution >= 0.6 is 0 Å². The lowest BCUT2D eigenvalue weighted by molar-refractivity contribution is -0.130. The number of aliphatic hydroxyl groups is 2. The van der Waals surface area contributed by atoms with Crippen LogP contribution < -0.4 is 5.32 Å². The molecule has 0 aromatic heterocycles. The molecule has 0 aromatic carbocycles. The smallest absolute Gasteiger partial charge is 0.267 e. The van der Waals surface area contributed by atoms with Gasteiger partial charge in [-0.3, -0.25) is 9.35 Å². The van der Waals surface area contributed by atoms with Crippen molar-refractivity contribution in [2.45, 2.75) is 225 Å². The van der Waals surface area contributed by atoms with E-state index < -0.39 is 40.0 Å². The average Bonchev–Trinajstić information content (AvgIpc) is 3.06. The summed E-state index contributed by atoms with van der Waals surface area (Å²) in [6, 6.07) is -1.23. The minimum absolute atomic E-state index is 0.275. The first-order valence-corrected chi connectivity index (χ1v) is 22.3. The third-order valence-corrected chi connectivity index (χ3v) is 10.3. The summed E-state index contributed by atoms with van der Waals surface area (Å²) in [4.78, 5) is 12.6.